The van der Waals surface area contributed by atoms with Crippen LogP contribution in [0.15, 0.2) is 0 Å². The summed E-state index contributed by atoms with van der Waals surface area (Å²) in [6.07, 6.45) is 3.17. The normalized spacial score (nSPS) is 21.4. The first-order chi connectivity index (χ1) is 8.78. The van der Waals surface area contributed by atoms with Gasteiger partial charge in [0.1, 0.15) is 5.60 Å². The zero-order valence-corrected chi connectivity index (χ0v) is 13.2. The molecule has 0 spiro atoms. The number of hydrogen-bond donors (Lipinski definition) is 1. The molecule has 0 bridgehead atoms. The van der Waals surface area contributed by atoms with Crippen LogP contribution >= 0.6 is 0 Å². The Kier molecular flexibility index (Phi) is 6.11. The molecule has 19 heavy (non-hydrogen) atoms. The fourth-order valence-corrected chi connectivity index (χ4v) is 2.28. The van der Waals surface area contributed by atoms with E-state index in [0.717, 1.165) is 32.5 Å². The first-order valence-electron chi connectivity index (χ1n) is 7.49. The smallest absolute Gasteiger partial charge is 0.410 e. The molecule has 112 valence electrons. The second-order valence-corrected chi connectivity index (χ2v) is 6.83. The number of carbonyl (C=O) groups excluding carboxylic acids is 1. The first kappa shape index (κ1) is 16.3. The molecule has 0 aromatic rings. The van der Waals surface area contributed by atoms with Crippen molar-refractivity contribution in [3.05, 3.63) is 0 Å². The van der Waals surface area contributed by atoms with Crippen LogP contribution in [0.25, 0.3) is 0 Å². The summed E-state index contributed by atoms with van der Waals surface area (Å²) >= 11 is 0. The lowest BCUT2D eigenvalue weighted by atomic mass is 10.0. The molecule has 4 nitrogen and oxygen atoms in total. The van der Waals surface area contributed by atoms with Crippen molar-refractivity contribution in [1.29, 1.82) is 0 Å². The maximum absolute atomic E-state index is 12.0. The summed E-state index contributed by atoms with van der Waals surface area (Å²) in [7, 11) is 0. The predicted octanol–water partition coefficient (Wildman–Crippen LogP) is 3.02. The van der Waals surface area contributed by atoms with E-state index in [4.69, 9.17) is 4.74 Å². The maximum Gasteiger partial charge on any atom is 0.410 e. The number of nitrogens with zero attached hydrogens (tertiary/aromatic N) is 1. The SMILES string of the molecule is CC(C)NCC1CCCN(C(=O)OC(C)(C)C)CC1. The van der Waals surface area contributed by atoms with E-state index >= 15 is 0 Å². The molecule has 0 radical (unpaired) electrons. The molecule has 0 aliphatic carbocycles. The average Bonchev–Trinajstić information content (AvgIpc) is 2.49. The summed E-state index contributed by atoms with van der Waals surface area (Å²) < 4.78 is 5.44. The third-order valence-corrected chi connectivity index (χ3v) is 3.31. The molecule has 1 atom stereocenters. The van der Waals surface area contributed by atoms with Crippen LogP contribution in [-0.4, -0.2) is 42.3 Å². The molecule has 1 aliphatic heterocycles. The van der Waals surface area contributed by atoms with Crippen LogP contribution in [0.2, 0.25) is 0 Å². The van der Waals surface area contributed by atoms with E-state index in [1.807, 2.05) is 25.7 Å². The molecule has 1 aliphatic rings. The van der Waals surface area contributed by atoms with Crippen molar-refractivity contribution in [3.8, 4) is 0 Å². The standard InChI is InChI=1S/C15H30N2O2/c1-12(2)16-11-13-7-6-9-17(10-8-13)14(18)19-15(3,4)5/h12-13,16H,6-11H2,1-5H3. The molecule has 4 heteroatoms. The minimum Gasteiger partial charge on any atom is -0.444 e. The molecule has 1 amide bonds. The monoisotopic (exact) mass is 270 g/mol. The number of hydrogen-bond acceptors (Lipinski definition) is 3. The van der Waals surface area contributed by atoms with Gasteiger partial charge in [0.2, 0.25) is 0 Å². The Morgan fingerprint density at radius 1 is 1.32 bits per heavy atom. The number of carbonyl (C=O) groups is 1. The van der Waals surface area contributed by atoms with Gasteiger partial charge in [0.05, 0.1) is 0 Å². The highest BCUT2D eigenvalue weighted by molar-refractivity contribution is 5.68. The third-order valence-electron chi connectivity index (χ3n) is 3.31. The van der Waals surface area contributed by atoms with E-state index in [1.54, 1.807) is 0 Å². The van der Waals surface area contributed by atoms with Crippen molar-refractivity contribution in [2.24, 2.45) is 5.92 Å². The molecule has 1 saturated heterocycles. The van der Waals surface area contributed by atoms with Gasteiger partial charge in [0, 0.05) is 19.1 Å². The number of amides is 1. The molecular weight excluding hydrogens is 240 g/mol. The Bertz CT molecular complexity index is 284. The highest BCUT2D eigenvalue weighted by Gasteiger charge is 2.25. The quantitative estimate of drug-likeness (QED) is 0.857. The zero-order chi connectivity index (χ0) is 14.5. The Morgan fingerprint density at radius 2 is 2.00 bits per heavy atom. The molecule has 0 aromatic heterocycles. The third kappa shape index (κ3) is 6.81. The van der Waals surface area contributed by atoms with E-state index in [0.29, 0.717) is 12.0 Å². The van der Waals surface area contributed by atoms with Gasteiger partial charge < -0.3 is 15.0 Å². The number of rotatable bonds is 3. The van der Waals surface area contributed by atoms with Crippen molar-refractivity contribution in [2.75, 3.05) is 19.6 Å². The lowest BCUT2D eigenvalue weighted by Gasteiger charge is -2.26. The molecule has 0 saturated carbocycles. The van der Waals surface area contributed by atoms with Crippen LogP contribution in [0.4, 0.5) is 4.79 Å². The molecule has 0 aromatic carbocycles. The van der Waals surface area contributed by atoms with Crippen molar-refractivity contribution in [3.63, 3.8) is 0 Å². The van der Waals surface area contributed by atoms with Crippen LogP contribution in [-0.2, 0) is 4.74 Å². The second-order valence-electron chi connectivity index (χ2n) is 6.83. The zero-order valence-electron chi connectivity index (χ0n) is 13.2. The lowest BCUT2D eigenvalue weighted by Crippen LogP contribution is -2.37. The van der Waals surface area contributed by atoms with Gasteiger partial charge in [-0.3, -0.25) is 0 Å². The summed E-state index contributed by atoms with van der Waals surface area (Å²) in [5, 5.41) is 3.49. The fourth-order valence-electron chi connectivity index (χ4n) is 2.28. The van der Waals surface area contributed by atoms with Crippen LogP contribution in [0.3, 0.4) is 0 Å². The number of likely N-dealkylation sites (tertiary alicyclic amines) is 1. The predicted molar refractivity (Wildman–Crippen MR) is 78.3 cm³/mol. The lowest BCUT2D eigenvalue weighted by molar-refractivity contribution is 0.0255. The topological polar surface area (TPSA) is 41.6 Å². The molecule has 1 N–H and O–H groups in total. The average molecular weight is 270 g/mol. The van der Waals surface area contributed by atoms with Gasteiger partial charge in [0.15, 0.2) is 0 Å². The van der Waals surface area contributed by atoms with Gasteiger partial charge in [-0.25, -0.2) is 4.79 Å². The molecule has 1 fully saturated rings. The Balaban J connectivity index is 2.39. The summed E-state index contributed by atoms with van der Waals surface area (Å²) in [6.45, 7) is 12.8. The van der Waals surface area contributed by atoms with E-state index in [1.165, 1.54) is 6.42 Å². The van der Waals surface area contributed by atoms with E-state index in [9.17, 15) is 4.79 Å². The Morgan fingerprint density at radius 3 is 2.58 bits per heavy atom. The first-order valence-corrected chi connectivity index (χ1v) is 7.49. The summed E-state index contributed by atoms with van der Waals surface area (Å²) in [5.41, 5.74) is -0.401. The largest absolute Gasteiger partial charge is 0.444 e. The van der Waals surface area contributed by atoms with E-state index in [2.05, 4.69) is 19.2 Å². The highest BCUT2D eigenvalue weighted by atomic mass is 16.6. The van der Waals surface area contributed by atoms with E-state index < -0.39 is 5.60 Å². The van der Waals surface area contributed by atoms with Gasteiger partial charge in [-0.05, 0) is 52.5 Å². The second kappa shape index (κ2) is 7.13. The van der Waals surface area contributed by atoms with Gasteiger partial charge in [-0.15, -0.1) is 0 Å². The number of ether oxygens (including phenoxy) is 1. The van der Waals surface area contributed by atoms with Crippen LogP contribution < -0.4 is 5.32 Å². The molecule has 1 rings (SSSR count). The van der Waals surface area contributed by atoms with Crippen LogP contribution in [0, 0.1) is 5.92 Å². The van der Waals surface area contributed by atoms with Gasteiger partial charge in [-0.2, -0.15) is 0 Å². The Labute approximate surface area is 117 Å². The molecule has 1 heterocycles. The van der Waals surface area contributed by atoms with Crippen LogP contribution in [0.5, 0.6) is 0 Å². The minimum atomic E-state index is -0.401. The maximum atomic E-state index is 12.0. The molecular formula is C15H30N2O2. The van der Waals surface area contributed by atoms with Gasteiger partial charge >= 0.3 is 6.09 Å². The van der Waals surface area contributed by atoms with Gasteiger partial charge in [0.25, 0.3) is 0 Å². The van der Waals surface area contributed by atoms with Gasteiger partial charge in [-0.1, -0.05) is 13.8 Å². The summed E-state index contributed by atoms with van der Waals surface area (Å²) in [5.74, 6) is 0.676. The van der Waals surface area contributed by atoms with Crippen molar-refractivity contribution in [1.82, 2.24) is 10.2 Å². The van der Waals surface area contributed by atoms with Crippen molar-refractivity contribution < 1.29 is 9.53 Å². The minimum absolute atomic E-state index is 0.162. The summed E-state index contributed by atoms with van der Waals surface area (Å²) in [6, 6.07) is 0.533. The Hall–Kier alpha value is -0.770. The van der Waals surface area contributed by atoms with Crippen molar-refractivity contribution in [2.45, 2.75) is 65.5 Å². The highest BCUT2D eigenvalue weighted by Crippen LogP contribution is 2.19. The van der Waals surface area contributed by atoms with E-state index in [-0.39, 0.29) is 6.09 Å². The molecule has 1 unspecified atom stereocenters. The number of nitrogens with one attached hydrogen (secondary N) is 1. The summed E-state index contributed by atoms with van der Waals surface area (Å²) in [4.78, 5) is 13.9. The van der Waals surface area contributed by atoms with Crippen molar-refractivity contribution >= 4 is 6.09 Å². The fraction of sp³-hybridized carbons (Fsp3) is 0.933. The van der Waals surface area contributed by atoms with Crippen LogP contribution in [0.1, 0.15) is 53.9 Å².